The third-order valence-electron chi connectivity index (χ3n) is 25.3. The number of aromatic nitrogens is 6. The Bertz CT molecular complexity index is 7840. The number of rotatable bonds is 6. The van der Waals surface area contributed by atoms with Crippen molar-refractivity contribution in [1.82, 2.24) is 28.2 Å². The topological polar surface area (TPSA) is 45.5 Å². The maximum atomic E-state index is 5.78. The summed E-state index contributed by atoms with van der Waals surface area (Å²) in [5, 5.41) is 10.4. The minimum Gasteiger partial charge on any atom is -0.309 e. The maximum Gasteiger partial charge on any atom is 0.237 e. The van der Waals surface area contributed by atoms with Crippen LogP contribution in [0.1, 0.15) is 44.5 Å². The van der Waals surface area contributed by atoms with E-state index in [4.69, 9.17) is 9.97 Å². The highest BCUT2D eigenvalue weighted by atomic mass is 15.2. The van der Waals surface area contributed by atoms with Crippen molar-refractivity contribution in [2.24, 2.45) is 0 Å². The van der Waals surface area contributed by atoms with Gasteiger partial charge in [-0.05, 0) is 233 Å². The van der Waals surface area contributed by atoms with Crippen molar-refractivity contribution in [3.8, 4) is 89.9 Å². The molecule has 5 heterocycles. The van der Waals surface area contributed by atoms with Crippen molar-refractivity contribution < 1.29 is 0 Å². The van der Waals surface area contributed by atoms with Crippen LogP contribution in [-0.2, 0) is 18.3 Å². The first kappa shape index (κ1) is 62.2. The Labute approximate surface area is 650 Å². The number of hydrogen-bond donors (Lipinski definition) is 0. The van der Waals surface area contributed by atoms with Crippen molar-refractivity contribution in [1.29, 1.82) is 0 Å². The summed E-state index contributed by atoms with van der Waals surface area (Å²) in [6, 6.07) is 141. The summed E-state index contributed by atoms with van der Waals surface area (Å²) in [5.41, 5.74) is 37.3. The fourth-order valence-corrected chi connectivity index (χ4v) is 20.5. The molecular formula is C107H66N6. The first-order valence-electron chi connectivity index (χ1n) is 39.3. The van der Waals surface area contributed by atoms with Crippen LogP contribution in [0, 0.1) is 0 Å². The summed E-state index contributed by atoms with van der Waals surface area (Å²) in [5.74, 6) is 1.43. The summed E-state index contributed by atoms with van der Waals surface area (Å²) < 4.78 is 9.61. The Kier molecular flexibility index (Phi) is 13.0. The molecule has 0 N–H and O–H groups in total. The van der Waals surface area contributed by atoms with Gasteiger partial charge in [-0.1, -0.05) is 267 Å². The third kappa shape index (κ3) is 8.83. The van der Waals surface area contributed by atoms with Gasteiger partial charge in [0.15, 0.2) is 5.82 Å². The van der Waals surface area contributed by atoms with Crippen LogP contribution in [0.4, 0.5) is 0 Å². The van der Waals surface area contributed by atoms with Crippen molar-refractivity contribution in [2.75, 3.05) is 0 Å². The quantitative estimate of drug-likeness (QED) is 0.167. The predicted octanol–water partition coefficient (Wildman–Crippen LogP) is 26.5. The summed E-state index contributed by atoms with van der Waals surface area (Å²) in [6.07, 6.45) is 1.66. The van der Waals surface area contributed by atoms with Gasteiger partial charge in [0.1, 0.15) is 0 Å². The molecule has 113 heavy (non-hydrogen) atoms. The number of para-hydroxylation sites is 5. The number of fused-ring (bicyclic) bond motifs is 29. The normalized spacial score (nSPS) is 13.1. The molecule has 0 saturated carbocycles. The van der Waals surface area contributed by atoms with E-state index in [2.05, 4.69) is 394 Å². The minimum absolute atomic E-state index is 0.444. The zero-order valence-electron chi connectivity index (χ0n) is 61.4. The second-order valence-electron chi connectivity index (χ2n) is 31.0. The third-order valence-corrected chi connectivity index (χ3v) is 25.3. The van der Waals surface area contributed by atoms with Crippen molar-refractivity contribution in [3.05, 3.63) is 421 Å². The highest BCUT2D eigenvalue weighted by Gasteiger charge is 2.51. The fraction of sp³-hybridized carbons (Fsp3) is 0.0280. The minimum atomic E-state index is -0.444. The second kappa shape index (κ2) is 23.6. The smallest absolute Gasteiger partial charge is 0.237 e. The average molecular weight is 1440 g/mol. The van der Waals surface area contributed by atoms with Crippen molar-refractivity contribution >= 4 is 98.1 Å². The highest BCUT2D eigenvalue weighted by Crippen LogP contribution is 2.63. The first-order valence-corrected chi connectivity index (χ1v) is 39.3. The van der Waals surface area contributed by atoms with Crippen LogP contribution in [0.3, 0.4) is 0 Å². The maximum absolute atomic E-state index is 5.78. The van der Waals surface area contributed by atoms with E-state index < -0.39 is 5.41 Å². The predicted molar refractivity (Wildman–Crippen MR) is 467 cm³/mol. The van der Waals surface area contributed by atoms with Crippen LogP contribution in [-0.4, -0.2) is 28.2 Å². The molecule has 0 bridgehead atoms. The molecule has 5 aromatic heterocycles. The number of hydrogen-bond acceptors (Lipinski definition) is 2. The van der Waals surface area contributed by atoms with Gasteiger partial charge in [-0.3, -0.25) is 9.13 Å². The lowest BCUT2D eigenvalue weighted by Crippen LogP contribution is -2.26. The molecule has 6 nitrogen and oxygen atoms in total. The van der Waals surface area contributed by atoms with E-state index in [1.165, 1.54) is 133 Å². The van der Waals surface area contributed by atoms with E-state index in [1.807, 2.05) is 0 Å². The van der Waals surface area contributed by atoms with Gasteiger partial charge in [0, 0.05) is 59.9 Å². The van der Waals surface area contributed by atoms with E-state index in [1.54, 1.807) is 0 Å². The molecule has 0 aliphatic heterocycles. The Morgan fingerprint density at radius 3 is 0.991 bits per heavy atom. The van der Waals surface area contributed by atoms with Gasteiger partial charge in [0.25, 0.3) is 0 Å². The van der Waals surface area contributed by atoms with Crippen LogP contribution < -0.4 is 0 Å². The van der Waals surface area contributed by atoms with Gasteiger partial charge >= 0.3 is 0 Å². The molecule has 0 atom stereocenters. The highest BCUT2D eigenvalue weighted by molar-refractivity contribution is 6.16. The van der Waals surface area contributed by atoms with Crippen molar-refractivity contribution in [2.45, 2.75) is 18.3 Å². The molecule has 0 unspecified atom stereocenters. The Balaban J connectivity index is 0.590. The summed E-state index contributed by atoms with van der Waals surface area (Å²) in [7, 11) is 0. The van der Waals surface area contributed by atoms with Crippen LogP contribution in [0.15, 0.2) is 376 Å². The zero-order valence-corrected chi connectivity index (χ0v) is 61.4. The van der Waals surface area contributed by atoms with Crippen LogP contribution >= 0.6 is 0 Å². The molecule has 17 aromatic carbocycles. The standard InChI is InChI=1S/C107H66N6/c1-4-26-75-69(23-1)57-70-24-2-6-28-77(70)78-51-49-73(59-72(78)58-71-25-3-5-27-76(71)75)110-97-41-19-11-32-83(97)88-60-65(45-53-101(88)110)67-47-55-103-90(62-67)85-34-13-21-43-99(85)112(103)105-87-36-10-18-40-96(87)108-106(109-105)113-100-44-22-14-35-86(100)91-63-68(48-56-104(91)113)66-46-54-102-89(61-66)84-33-12-20-42-98(84)111(102)74-50-52-82-81-31-9-17-39-94(81)107(95(82)64-74)92-37-15-7-29-79(92)80-30-8-16-38-93(80)107/h1-56,59-64H,57-58H2. The van der Waals surface area contributed by atoms with Crippen molar-refractivity contribution in [3.63, 3.8) is 0 Å². The van der Waals surface area contributed by atoms with Gasteiger partial charge in [0.05, 0.1) is 55.1 Å². The van der Waals surface area contributed by atoms with E-state index in [-0.39, 0.29) is 0 Å². The lowest BCUT2D eigenvalue weighted by Gasteiger charge is -2.30. The molecular weight excluding hydrogens is 1370 g/mol. The second-order valence-corrected chi connectivity index (χ2v) is 31.0. The van der Waals surface area contributed by atoms with Gasteiger partial charge in [-0.2, -0.15) is 4.98 Å². The lowest BCUT2D eigenvalue weighted by atomic mass is 9.70. The van der Waals surface area contributed by atoms with Crippen LogP contribution in [0.2, 0.25) is 0 Å². The van der Waals surface area contributed by atoms with Gasteiger partial charge in [-0.15, -0.1) is 0 Å². The monoisotopic (exact) mass is 1430 g/mol. The Hall–Kier alpha value is -14.7. The zero-order chi connectivity index (χ0) is 73.7. The van der Waals surface area contributed by atoms with Gasteiger partial charge < -0.3 is 9.13 Å². The molecule has 0 radical (unpaired) electrons. The molecule has 3 aliphatic rings. The summed E-state index contributed by atoms with van der Waals surface area (Å²) >= 11 is 0. The molecule has 22 aromatic rings. The molecule has 1 spiro atoms. The summed E-state index contributed by atoms with van der Waals surface area (Å²) in [6.45, 7) is 0. The van der Waals surface area contributed by atoms with Gasteiger partial charge in [-0.25, -0.2) is 4.98 Å². The van der Waals surface area contributed by atoms with E-state index in [0.29, 0.717) is 5.95 Å². The number of benzene rings is 17. The van der Waals surface area contributed by atoms with Gasteiger partial charge in [0.2, 0.25) is 5.95 Å². The van der Waals surface area contributed by atoms with Crippen LogP contribution in [0.25, 0.3) is 188 Å². The lowest BCUT2D eigenvalue weighted by molar-refractivity contribution is 0.792. The molecule has 0 amide bonds. The summed E-state index contributed by atoms with van der Waals surface area (Å²) in [4.78, 5) is 11.3. The fourth-order valence-electron chi connectivity index (χ4n) is 20.5. The first-order chi connectivity index (χ1) is 56.0. The SMILES string of the molecule is c1ccc2c(c1)Cc1ccccc1-c1ccc(-n3c4ccccc4c4cc(-c5ccc6c(c5)c5ccccc5n6-c5nc(-n6c7ccccc7c7cc(-c8ccc9c(c8)c8ccccc8n9-c8ccc9c(c8)C8(c%10ccccc%10-c%10ccccc%108)c8ccccc8-9)ccc76)nc6ccccc56)ccc43)cc1Cc1ccccc1-2. The van der Waals surface area contributed by atoms with Crippen LogP contribution in [0.5, 0.6) is 0 Å². The molecule has 6 heteroatoms. The Morgan fingerprint density at radius 2 is 0.522 bits per heavy atom. The number of nitrogens with zero attached hydrogens (tertiary/aromatic N) is 6. The van der Waals surface area contributed by atoms with E-state index >= 15 is 0 Å². The molecule has 25 rings (SSSR count). The van der Waals surface area contributed by atoms with E-state index in [9.17, 15) is 0 Å². The molecule has 0 fully saturated rings. The molecule has 3 aliphatic carbocycles. The largest absolute Gasteiger partial charge is 0.309 e. The molecule has 0 saturated heterocycles. The average Bonchev–Trinajstić information content (AvgIpc) is 1.51. The molecule has 524 valence electrons. The van der Waals surface area contributed by atoms with E-state index in [0.717, 1.165) is 107 Å². The Morgan fingerprint density at radius 1 is 0.204 bits per heavy atom.